The molecular formula is C36H78N5O+. The van der Waals surface area contributed by atoms with Crippen LogP contribution < -0.4 is 11.1 Å². The molecule has 0 aromatic rings. The highest BCUT2D eigenvalue weighted by Crippen LogP contribution is 2.38. The fourth-order valence-corrected chi connectivity index (χ4v) is 6.85. The van der Waals surface area contributed by atoms with E-state index in [0.717, 1.165) is 50.2 Å². The topological polar surface area (TPSA) is 64.8 Å². The molecular weight excluding hydrogens is 518 g/mol. The first-order chi connectivity index (χ1) is 19.5. The van der Waals surface area contributed by atoms with Gasteiger partial charge in [-0.05, 0) is 71.8 Å². The fourth-order valence-electron chi connectivity index (χ4n) is 6.85. The second kappa shape index (κ2) is 19.0. The maximum atomic E-state index is 10.9. The predicted octanol–water partition coefficient (Wildman–Crippen LogP) is 6.88. The molecule has 0 spiro atoms. The average molecular weight is 597 g/mol. The van der Waals surface area contributed by atoms with Gasteiger partial charge in [-0.3, -0.25) is 4.90 Å². The predicted molar refractivity (Wildman–Crippen MR) is 187 cm³/mol. The number of aliphatic hydroxyl groups is 1. The van der Waals surface area contributed by atoms with Gasteiger partial charge in [0.25, 0.3) is 0 Å². The first kappa shape index (κ1) is 41.3. The Balaban J connectivity index is 5.98. The number of allylic oxidation sites excluding steroid dienone is 2. The van der Waals surface area contributed by atoms with Gasteiger partial charge in [0.05, 0.1) is 20.6 Å². The lowest BCUT2D eigenvalue weighted by Crippen LogP contribution is -2.55. The number of nitrogens with two attached hydrogens (primary N) is 1. The Labute approximate surface area is 264 Å². The van der Waals surface area contributed by atoms with Gasteiger partial charge in [-0.2, -0.15) is 0 Å². The largest absolute Gasteiger partial charge is 0.386 e. The highest BCUT2D eigenvalue weighted by atomic mass is 16.3. The van der Waals surface area contributed by atoms with Crippen molar-refractivity contribution in [1.29, 1.82) is 0 Å². The summed E-state index contributed by atoms with van der Waals surface area (Å²) in [5.41, 5.74) is 9.70. The minimum atomic E-state index is -0.360. The van der Waals surface area contributed by atoms with Crippen molar-refractivity contribution in [2.75, 3.05) is 66.5 Å². The lowest BCUT2D eigenvalue weighted by molar-refractivity contribution is -0.914. The third-order valence-corrected chi connectivity index (χ3v) is 11.6. The van der Waals surface area contributed by atoms with E-state index >= 15 is 0 Å². The lowest BCUT2D eigenvalue weighted by Gasteiger charge is -2.46. The van der Waals surface area contributed by atoms with Gasteiger partial charge in [0.2, 0.25) is 0 Å². The van der Waals surface area contributed by atoms with Crippen LogP contribution in [0.1, 0.15) is 128 Å². The zero-order valence-corrected chi connectivity index (χ0v) is 31.1. The average Bonchev–Trinajstić information content (AvgIpc) is 2.96. The summed E-state index contributed by atoms with van der Waals surface area (Å²) in [5, 5.41) is 14.6. The third kappa shape index (κ3) is 12.0. The van der Waals surface area contributed by atoms with Gasteiger partial charge in [-0.15, -0.1) is 0 Å². The number of hydrogen-bond donors (Lipinski definition) is 3. The number of hydrogen-bond acceptors (Lipinski definition) is 5. The summed E-state index contributed by atoms with van der Waals surface area (Å²) >= 11 is 0. The number of nitrogens with zero attached hydrogens (tertiary/aromatic N) is 3. The van der Waals surface area contributed by atoms with E-state index in [1.165, 1.54) is 49.8 Å². The molecule has 0 bridgehead atoms. The van der Waals surface area contributed by atoms with Crippen molar-refractivity contribution in [3.05, 3.63) is 11.3 Å². The van der Waals surface area contributed by atoms with Crippen molar-refractivity contribution in [3.63, 3.8) is 0 Å². The molecule has 0 aromatic carbocycles. The van der Waals surface area contributed by atoms with Crippen molar-refractivity contribution >= 4 is 0 Å². The van der Waals surface area contributed by atoms with E-state index in [9.17, 15) is 5.11 Å². The monoisotopic (exact) mass is 597 g/mol. The van der Waals surface area contributed by atoms with Crippen molar-refractivity contribution in [2.45, 2.75) is 146 Å². The minimum absolute atomic E-state index is 0.0398. The Morgan fingerprint density at radius 1 is 0.833 bits per heavy atom. The number of aliphatic hydroxyl groups excluding tert-OH is 1. The number of rotatable bonds is 24. The molecule has 0 radical (unpaired) electrons. The molecule has 6 heteroatoms. The first-order valence-electron chi connectivity index (χ1n) is 17.6. The summed E-state index contributed by atoms with van der Waals surface area (Å²) in [6, 6.07) is 0.193. The smallest absolute Gasteiger partial charge is 0.118 e. The van der Waals surface area contributed by atoms with Crippen LogP contribution in [0.25, 0.3) is 0 Å². The first-order valence-corrected chi connectivity index (χ1v) is 17.6. The van der Waals surface area contributed by atoms with Gasteiger partial charge in [0.1, 0.15) is 12.1 Å². The van der Waals surface area contributed by atoms with Gasteiger partial charge >= 0.3 is 0 Å². The number of likely N-dealkylation sites (N-methyl/N-ethyl adjacent to an activating group) is 1. The van der Waals surface area contributed by atoms with Gasteiger partial charge in [-0.1, -0.05) is 73.8 Å². The van der Waals surface area contributed by atoms with Gasteiger partial charge < -0.3 is 25.5 Å². The molecule has 0 aliphatic heterocycles. The molecule has 42 heavy (non-hydrogen) atoms. The molecule has 0 aromatic heterocycles. The van der Waals surface area contributed by atoms with Crippen molar-refractivity contribution in [3.8, 4) is 0 Å². The zero-order valence-electron chi connectivity index (χ0n) is 31.1. The molecule has 0 heterocycles. The molecule has 0 rings (SSSR count). The second-order valence-corrected chi connectivity index (χ2v) is 14.9. The minimum Gasteiger partial charge on any atom is -0.386 e. The Hall–Kier alpha value is -0.660. The zero-order chi connectivity index (χ0) is 32.8. The van der Waals surface area contributed by atoms with Crippen LogP contribution in [-0.2, 0) is 0 Å². The molecule has 4 N–H and O–H groups in total. The van der Waals surface area contributed by atoms with Crippen LogP contribution >= 0.6 is 0 Å². The summed E-state index contributed by atoms with van der Waals surface area (Å²) < 4.78 is 0.828. The van der Waals surface area contributed by atoms with Crippen LogP contribution in [0.3, 0.4) is 0 Å². The quantitative estimate of drug-likeness (QED) is 0.0837. The van der Waals surface area contributed by atoms with Gasteiger partial charge in [0.15, 0.2) is 0 Å². The molecule has 2 unspecified atom stereocenters. The summed E-state index contributed by atoms with van der Waals surface area (Å²) in [5.74, 6) is 0. The summed E-state index contributed by atoms with van der Waals surface area (Å²) in [7, 11) is 4.41. The van der Waals surface area contributed by atoms with Crippen LogP contribution in [0.15, 0.2) is 11.3 Å². The molecule has 0 amide bonds. The SMILES string of the molecule is CCC(C)(CC)CCN(CCNCC(O)C(C)[N+](C)(C)CC)C(=C(C)C)C(C)(C)CCN(CCN)C(CC)(CC)CC. The van der Waals surface area contributed by atoms with Crippen LogP contribution in [0.4, 0.5) is 0 Å². The summed E-state index contributed by atoms with van der Waals surface area (Å²) in [4.78, 5) is 5.39. The molecule has 2 atom stereocenters. The maximum Gasteiger partial charge on any atom is 0.118 e. The van der Waals surface area contributed by atoms with Crippen molar-refractivity contribution in [1.82, 2.24) is 15.1 Å². The van der Waals surface area contributed by atoms with E-state index < -0.39 is 0 Å². The molecule has 252 valence electrons. The second-order valence-electron chi connectivity index (χ2n) is 14.9. The molecule has 0 aliphatic rings. The maximum absolute atomic E-state index is 10.9. The Morgan fingerprint density at radius 3 is 1.81 bits per heavy atom. The third-order valence-electron chi connectivity index (χ3n) is 11.6. The van der Waals surface area contributed by atoms with Crippen LogP contribution in [0.2, 0.25) is 0 Å². The van der Waals surface area contributed by atoms with E-state index in [-0.39, 0.29) is 23.1 Å². The number of nitrogens with one attached hydrogen (secondary N) is 1. The van der Waals surface area contributed by atoms with Gasteiger partial charge in [0, 0.05) is 55.9 Å². The van der Waals surface area contributed by atoms with E-state index in [1.807, 2.05) is 0 Å². The Bertz CT molecular complexity index is 742. The van der Waals surface area contributed by atoms with E-state index in [4.69, 9.17) is 5.73 Å². The molecule has 0 saturated heterocycles. The van der Waals surface area contributed by atoms with Crippen molar-refractivity contribution in [2.24, 2.45) is 16.6 Å². The summed E-state index contributed by atoms with van der Waals surface area (Å²) in [6.07, 6.45) is 7.86. The standard InChI is InChI=1S/C36H78N5O/c1-15-35(12,16-2)22-25-39(28-24-38-29-32(42)31(9)41(13,14)20-6)33(30(7)8)34(10,11)21-26-40(27-23-37)36(17-3,18-4)19-5/h31-32,38,42H,15-29,37H2,1-14H3/q+1. The molecule has 0 fully saturated rings. The van der Waals surface area contributed by atoms with Crippen LogP contribution in [0.5, 0.6) is 0 Å². The Kier molecular flexibility index (Phi) is 18.7. The van der Waals surface area contributed by atoms with Crippen molar-refractivity contribution < 1.29 is 9.59 Å². The van der Waals surface area contributed by atoms with Crippen LogP contribution in [-0.4, -0.2) is 104 Å². The highest BCUT2D eigenvalue weighted by Gasteiger charge is 2.35. The molecule has 0 aliphatic carbocycles. The number of quaternary nitrogens is 1. The lowest BCUT2D eigenvalue weighted by atomic mass is 9.79. The fraction of sp³-hybridized carbons (Fsp3) is 0.944. The van der Waals surface area contributed by atoms with E-state index in [2.05, 4.69) is 112 Å². The highest BCUT2D eigenvalue weighted by molar-refractivity contribution is 5.18. The molecule has 0 saturated carbocycles. The normalized spacial score (nSPS) is 14.8. The Morgan fingerprint density at radius 2 is 1.38 bits per heavy atom. The summed E-state index contributed by atoms with van der Waals surface area (Å²) in [6.45, 7) is 35.3. The van der Waals surface area contributed by atoms with Crippen LogP contribution in [0, 0.1) is 10.8 Å². The van der Waals surface area contributed by atoms with Gasteiger partial charge in [-0.25, -0.2) is 0 Å². The molecule has 6 nitrogen and oxygen atoms in total. The van der Waals surface area contributed by atoms with E-state index in [1.54, 1.807) is 0 Å². The van der Waals surface area contributed by atoms with E-state index in [0.29, 0.717) is 18.5 Å².